The molecular formula is C11H18N4O2. The molecule has 2 heterocycles. The fraction of sp³-hybridized carbons (Fsp3) is 0.727. The molecular weight excluding hydrogens is 220 g/mol. The summed E-state index contributed by atoms with van der Waals surface area (Å²) in [4.78, 5) is 10.8. The van der Waals surface area contributed by atoms with Gasteiger partial charge in [0.05, 0.1) is 4.92 Å². The van der Waals surface area contributed by atoms with Crippen LogP contribution in [0.15, 0.2) is 0 Å². The van der Waals surface area contributed by atoms with Crippen molar-refractivity contribution in [2.75, 3.05) is 13.1 Å². The van der Waals surface area contributed by atoms with Gasteiger partial charge >= 0.3 is 5.69 Å². The van der Waals surface area contributed by atoms with Crippen LogP contribution >= 0.6 is 0 Å². The van der Waals surface area contributed by atoms with E-state index in [2.05, 4.69) is 10.4 Å². The van der Waals surface area contributed by atoms with Crippen LogP contribution in [0.2, 0.25) is 0 Å². The van der Waals surface area contributed by atoms with Crippen LogP contribution in [-0.2, 0) is 19.4 Å². The van der Waals surface area contributed by atoms with Crippen LogP contribution in [0.3, 0.4) is 0 Å². The summed E-state index contributed by atoms with van der Waals surface area (Å²) in [6.45, 7) is 6.61. The SMILES string of the molecule is CCc1nn(CC2CNC2)c(CC)c1[N+](=O)[O-]. The number of nitrogens with one attached hydrogen (secondary N) is 1. The molecule has 1 aromatic heterocycles. The van der Waals surface area contributed by atoms with Crippen molar-refractivity contribution in [2.45, 2.75) is 33.2 Å². The van der Waals surface area contributed by atoms with Crippen molar-refractivity contribution >= 4 is 5.69 Å². The molecule has 0 atom stereocenters. The summed E-state index contributed by atoms with van der Waals surface area (Å²) in [5.74, 6) is 0.560. The van der Waals surface area contributed by atoms with Crippen molar-refractivity contribution in [1.29, 1.82) is 0 Å². The van der Waals surface area contributed by atoms with Gasteiger partial charge in [0, 0.05) is 25.6 Å². The van der Waals surface area contributed by atoms with Crippen LogP contribution in [0.1, 0.15) is 25.2 Å². The zero-order chi connectivity index (χ0) is 12.4. The van der Waals surface area contributed by atoms with E-state index in [0.717, 1.165) is 25.3 Å². The van der Waals surface area contributed by atoms with Crippen LogP contribution in [-0.4, -0.2) is 27.8 Å². The predicted molar refractivity (Wildman–Crippen MR) is 64.0 cm³/mol. The molecule has 0 bridgehead atoms. The van der Waals surface area contributed by atoms with E-state index >= 15 is 0 Å². The fourth-order valence-corrected chi connectivity index (χ4v) is 2.21. The lowest BCUT2D eigenvalue weighted by Crippen LogP contribution is -2.44. The second-order valence-electron chi connectivity index (χ2n) is 4.41. The minimum absolute atomic E-state index is 0.224. The van der Waals surface area contributed by atoms with Gasteiger partial charge in [-0.2, -0.15) is 5.10 Å². The maximum absolute atomic E-state index is 11.1. The van der Waals surface area contributed by atoms with Crippen LogP contribution in [0.4, 0.5) is 5.69 Å². The molecule has 1 saturated heterocycles. The van der Waals surface area contributed by atoms with Gasteiger partial charge in [0.15, 0.2) is 0 Å². The molecule has 1 fully saturated rings. The van der Waals surface area contributed by atoms with Gasteiger partial charge in [0.1, 0.15) is 11.4 Å². The lowest BCUT2D eigenvalue weighted by molar-refractivity contribution is -0.386. The summed E-state index contributed by atoms with van der Waals surface area (Å²) < 4.78 is 1.84. The van der Waals surface area contributed by atoms with E-state index in [1.165, 1.54) is 0 Å². The minimum Gasteiger partial charge on any atom is -0.316 e. The molecule has 0 spiro atoms. The third kappa shape index (κ3) is 2.17. The van der Waals surface area contributed by atoms with Crippen LogP contribution < -0.4 is 5.32 Å². The lowest BCUT2D eigenvalue weighted by Gasteiger charge is -2.27. The maximum atomic E-state index is 11.1. The second-order valence-corrected chi connectivity index (χ2v) is 4.41. The molecule has 6 heteroatoms. The largest absolute Gasteiger partial charge is 0.316 e. The number of hydrogen-bond donors (Lipinski definition) is 1. The first-order valence-electron chi connectivity index (χ1n) is 6.11. The molecule has 0 radical (unpaired) electrons. The Morgan fingerprint density at radius 2 is 2.18 bits per heavy atom. The quantitative estimate of drug-likeness (QED) is 0.616. The topological polar surface area (TPSA) is 73.0 Å². The summed E-state index contributed by atoms with van der Waals surface area (Å²) in [6, 6.07) is 0. The molecule has 0 unspecified atom stereocenters. The molecule has 0 saturated carbocycles. The van der Waals surface area contributed by atoms with Crippen molar-refractivity contribution in [1.82, 2.24) is 15.1 Å². The van der Waals surface area contributed by atoms with Gasteiger partial charge in [-0.1, -0.05) is 13.8 Å². The number of aryl methyl sites for hydroxylation is 1. The van der Waals surface area contributed by atoms with Gasteiger partial charge < -0.3 is 5.32 Å². The molecule has 0 aromatic carbocycles. The monoisotopic (exact) mass is 238 g/mol. The highest BCUT2D eigenvalue weighted by atomic mass is 16.6. The first-order valence-corrected chi connectivity index (χ1v) is 6.11. The summed E-state index contributed by atoms with van der Waals surface area (Å²) >= 11 is 0. The highest BCUT2D eigenvalue weighted by Crippen LogP contribution is 2.25. The number of aromatic nitrogens is 2. The average molecular weight is 238 g/mol. The Kier molecular flexibility index (Phi) is 3.42. The van der Waals surface area contributed by atoms with E-state index in [0.29, 0.717) is 24.5 Å². The fourth-order valence-electron chi connectivity index (χ4n) is 2.21. The summed E-state index contributed by atoms with van der Waals surface area (Å²) in [5.41, 5.74) is 1.60. The van der Waals surface area contributed by atoms with E-state index < -0.39 is 0 Å². The van der Waals surface area contributed by atoms with Gasteiger partial charge in [-0.05, 0) is 12.8 Å². The van der Waals surface area contributed by atoms with E-state index in [9.17, 15) is 10.1 Å². The zero-order valence-corrected chi connectivity index (χ0v) is 10.3. The van der Waals surface area contributed by atoms with Gasteiger partial charge in [-0.25, -0.2) is 0 Å². The molecule has 1 aromatic rings. The Hall–Kier alpha value is -1.43. The van der Waals surface area contributed by atoms with Crippen LogP contribution in [0, 0.1) is 16.0 Å². The molecule has 17 heavy (non-hydrogen) atoms. The van der Waals surface area contributed by atoms with E-state index in [4.69, 9.17) is 0 Å². The van der Waals surface area contributed by atoms with E-state index in [1.807, 2.05) is 18.5 Å². The van der Waals surface area contributed by atoms with Crippen molar-refractivity contribution in [3.63, 3.8) is 0 Å². The molecule has 0 amide bonds. The summed E-state index contributed by atoms with van der Waals surface area (Å²) in [5, 5.41) is 18.7. The molecule has 0 aliphatic carbocycles. The summed E-state index contributed by atoms with van der Waals surface area (Å²) in [7, 11) is 0. The Labute approximate surface area is 100 Å². The molecule has 1 aliphatic heterocycles. The van der Waals surface area contributed by atoms with Crippen LogP contribution in [0.25, 0.3) is 0 Å². The van der Waals surface area contributed by atoms with Crippen molar-refractivity contribution in [3.05, 3.63) is 21.5 Å². The standard InChI is InChI=1S/C11H18N4O2/c1-3-9-11(15(16)17)10(4-2)14(13-9)7-8-5-12-6-8/h8,12H,3-7H2,1-2H3. The van der Waals surface area contributed by atoms with Crippen LogP contribution in [0.5, 0.6) is 0 Å². The summed E-state index contributed by atoms with van der Waals surface area (Å²) in [6.07, 6.45) is 1.27. The van der Waals surface area contributed by atoms with Crippen molar-refractivity contribution in [2.24, 2.45) is 5.92 Å². The molecule has 94 valence electrons. The van der Waals surface area contributed by atoms with Gasteiger partial charge in [-0.3, -0.25) is 14.8 Å². The van der Waals surface area contributed by atoms with E-state index in [-0.39, 0.29) is 10.6 Å². The van der Waals surface area contributed by atoms with Crippen molar-refractivity contribution < 1.29 is 4.92 Å². The Morgan fingerprint density at radius 3 is 2.59 bits per heavy atom. The average Bonchev–Trinajstić information content (AvgIpc) is 2.61. The third-order valence-corrected chi connectivity index (χ3v) is 3.25. The number of nitrogens with zero attached hydrogens (tertiary/aromatic N) is 3. The smallest absolute Gasteiger partial charge is 0.313 e. The molecule has 2 rings (SSSR count). The first-order chi connectivity index (χ1) is 8.17. The van der Waals surface area contributed by atoms with Gasteiger partial charge in [-0.15, -0.1) is 0 Å². The minimum atomic E-state index is -0.291. The Morgan fingerprint density at radius 1 is 1.47 bits per heavy atom. The zero-order valence-electron chi connectivity index (χ0n) is 10.3. The Bertz CT molecular complexity index is 423. The molecule has 1 aliphatic rings. The molecule has 1 N–H and O–H groups in total. The normalized spacial score (nSPS) is 15.9. The number of hydrogen-bond acceptors (Lipinski definition) is 4. The molecule has 6 nitrogen and oxygen atoms in total. The second kappa shape index (κ2) is 4.83. The lowest BCUT2D eigenvalue weighted by atomic mass is 10.0. The maximum Gasteiger partial charge on any atom is 0.313 e. The van der Waals surface area contributed by atoms with E-state index in [1.54, 1.807) is 0 Å². The third-order valence-electron chi connectivity index (χ3n) is 3.25. The van der Waals surface area contributed by atoms with Gasteiger partial charge in [0.2, 0.25) is 0 Å². The number of nitro groups is 1. The highest BCUT2D eigenvalue weighted by molar-refractivity contribution is 5.41. The predicted octanol–water partition coefficient (Wildman–Crippen LogP) is 1.14. The number of rotatable bonds is 5. The first kappa shape index (κ1) is 12.0. The Balaban J connectivity index is 2.33. The van der Waals surface area contributed by atoms with Gasteiger partial charge in [0.25, 0.3) is 0 Å². The van der Waals surface area contributed by atoms with Crippen molar-refractivity contribution in [3.8, 4) is 0 Å². The highest BCUT2D eigenvalue weighted by Gasteiger charge is 2.27.